The highest BCUT2D eigenvalue weighted by molar-refractivity contribution is 7.10. The van der Waals surface area contributed by atoms with E-state index >= 15 is 0 Å². The van der Waals surface area contributed by atoms with Gasteiger partial charge in [-0.15, -0.1) is 11.3 Å². The van der Waals surface area contributed by atoms with Crippen LogP contribution in [0.2, 0.25) is 0 Å². The van der Waals surface area contributed by atoms with E-state index < -0.39 is 0 Å². The van der Waals surface area contributed by atoms with Crippen LogP contribution < -0.4 is 5.32 Å². The van der Waals surface area contributed by atoms with Gasteiger partial charge in [-0.3, -0.25) is 4.90 Å². The van der Waals surface area contributed by atoms with Crippen LogP contribution in [0.1, 0.15) is 16.7 Å². The summed E-state index contributed by atoms with van der Waals surface area (Å²) in [5, 5.41) is 5.68. The Hall–Kier alpha value is -1.96. The van der Waals surface area contributed by atoms with Crippen LogP contribution in [0.5, 0.6) is 0 Å². The Bertz CT molecular complexity index is 759. The number of nitrogens with zero attached hydrogens (tertiary/aromatic N) is 5. The summed E-state index contributed by atoms with van der Waals surface area (Å²) in [5.41, 5.74) is 1.19. The largest absolute Gasteiger partial charge is 0.337 e. The fourth-order valence-corrected chi connectivity index (χ4v) is 3.98. The van der Waals surface area contributed by atoms with Crippen LogP contribution in [-0.4, -0.2) is 43.6 Å². The molecular weight excluding hydrogens is 308 g/mol. The summed E-state index contributed by atoms with van der Waals surface area (Å²) in [6.45, 7) is 3.97. The topological polar surface area (TPSA) is 50.9 Å². The molecule has 23 heavy (non-hydrogen) atoms. The van der Waals surface area contributed by atoms with Crippen LogP contribution in [0.25, 0.3) is 5.69 Å². The zero-order valence-electron chi connectivity index (χ0n) is 13.1. The zero-order chi connectivity index (χ0) is 15.6. The Kier molecular flexibility index (Phi) is 3.99. The zero-order valence-corrected chi connectivity index (χ0v) is 13.9. The van der Waals surface area contributed by atoms with Crippen molar-refractivity contribution in [2.75, 3.05) is 19.6 Å². The summed E-state index contributed by atoms with van der Waals surface area (Å²) in [5.74, 6) is 1.13. The molecule has 1 aliphatic heterocycles. The van der Waals surface area contributed by atoms with E-state index in [1.165, 1.54) is 10.6 Å². The van der Waals surface area contributed by atoms with Gasteiger partial charge in [-0.05, 0) is 6.07 Å². The molecule has 6 nitrogen and oxygen atoms in total. The number of piperazine rings is 1. The van der Waals surface area contributed by atoms with Crippen molar-refractivity contribution in [3.8, 4) is 5.69 Å². The van der Waals surface area contributed by atoms with Gasteiger partial charge in [0.1, 0.15) is 5.82 Å². The van der Waals surface area contributed by atoms with Crippen LogP contribution in [0.4, 0.5) is 0 Å². The van der Waals surface area contributed by atoms with Crippen molar-refractivity contribution in [2.24, 2.45) is 7.05 Å². The van der Waals surface area contributed by atoms with Gasteiger partial charge >= 0.3 is 0 Å². The summed E-state index contributed by atoms with van der Waals surface area (Å²) in [6.07, 6.45) is 9.53. The molecule has 1 saturated heterocycles. The highest BCUT2D eigenvalue weighted by Gasteiger charge is 2.27. The van der Waals surface area contributed by atoms with Crippen molar-refractivity contribution >= 4 is 11.3 Å². The van der Waals surface area contributed by atoms with E-state index in [4.69, 9.17) is 0 Å². The number of aromatic nitrogens is 4. The highest BCUT2D eigenvalue weighted by Crippen LogP contribution is 2.26. The minimum atomic E-state index is 0.322. The Morgan fingerprint density at radius 2 is 2.30 bits per heavy atom. The average Bonchev–Trinajstić information content (AvgIpc) is 3.29. The minimum Gasteiger partial charge on any atom is -0.337 e. The molecule has 4 rings (SSSR count). The number of rotatable bonds is 4. The Labute approximate surface area is 139 Å². The molecule has 0 radical (unpaired) electrons. The first-order valence-electron chi connectivity index (χ1n) is 7.79. The van der Waals surface area contributed by atoms with Gasteiger partial charge in [-0.2, -0.15) is 0 Å². The second-order valence-electron chi connectivity index (χ2n) is 5.83. The van der Waals surface area contributed by atoms with Gasteiger partial charge in [0, 0.05) is 68.3 Å². The van der Waals surface area contributed by atoms with Gasteiger partial charge in [0.05, 0.1) is 18.1 Å². The van der Waals surface area contributed by atoms with Crippen LogP contribution in [-0.2, 0) is 13.6 Å². The first kappa shape index (κ1) is 14.6. The monoisotopic (exact) mass is 328 g/mol. The van der Waals surface area contributed by atoms with Crippen LogP contribution in [0, 0.1) is 0 Å². The fourth-order valence-electron chi connectivity index (χ4n) is 3.09. The number of hydrogen-bond acceptors (Lipinski definition) is 5. The molecule has 3 aromatic rings. The van der Waals surface area contributed by atoms with Crippen LogP contribution >= 0.6 is 11.3 Å². The van der Waals surface area contributed by atoms with Crippen molar-refractivity contribution in [2.45, 2.75) is 12.6 Å². The normalized spacial score (nSPS) is 19.3. The summed E-state index contributed by atoms with van der Waals surface area (Å²) in [7, 11) is 2.07. The second kappa shape index (κ2) is 6.27. The van der Waals surface area contributed by atoms with E-state index in [0.29, 0.717) is 6.04 Å². The maximum Gasteiger partial charge on any atom is 0.127 e. The summed E-state index contributed by atoms with van der Waals surface area (Å²) in [4.78, 5) is 12.6. The lowest BCUT2D eigenvalue weighted by atomic mass is 10.1. The number of hydrogen-bond donors (Lipinski definition) is 1. The predicted octanol–water partition coefficient (Wildman–Crippen LogP) is 1.81. The third-order valence-corrected chi connectivity index (χ3v) is 5.22. The second-order valence-corrected chi connectivity index (χ2v) is 6.82. The molecule has 1 N–H and O–H groups in total. The van der Waals surface area contributed by atoms with Crippen molar-refractivity contribution < 1.29 is 0 Å². The lowest BCUT2D eigenvalue weighted by Gasteiger charge is -2.35. The lowest BCUT2D eigenvalue weighted by Crippen LogP contribution is -2.46. The Morgan fingerprint density at radius 1 is 1.35 bits per heavy atom. The number of aryl methyl sites for hydroxylation is 1. The van der Waals surface area contributed by atoms with Crippen LogP contribution in [0.3, 0.4) is 0 Å². The maximum absolute atomic E-state index is 4.55. The number of nitrogens with one attached hydrogen (secondary N) is 1. The molecule has 0 aromatic carbocycles. The lowest BCUT2D eigenvalue weighted by molar-refractivity contribution is 0.146. The predicted molar refractivity (Wildman–Crippen MR) is 90.7 cm³/mol. The maximum atomic E-state index is 4.55. The molecule has 3 aromatic heterocycles. The van der Waals surface area contributed by atoms with Gasteiger partial charge in [-0.25, -0.2) is 9.97 Å². The quantitative estimate of drug-likeness (QED) is 0.794. The third-order valence-electron chi connectivity index (χ3n) is 4.31. The van der Waals surface area contributed by atoms with Gasteiger partial charge in [-0.1, -0.05) is 0 Å². The standard InChI is InChI=1S/C16H20N6S/c1-20-5-4-19-16(20)15-9-17-2-6-21(15)10-14-8-13(11-23-14)22-7-3-18-12-22/h3-5,7-8,11-12,15,17H,2,6,9-10H2,1H3. The van der Waals surface area contributed by atoms with E-state index in [1.807, 2.05) is 47.0 Å². The first-order chi connectivity index (χ1) is 11.3. The fraction of sp³-hybridized carbons (Fsp3) is 0.375. The van der Waals surface area contributed by atoms with Gasteiger partial charge in [0.25, 0.3) is 0 Å². The molecule has 1 unspecified atom stereocenters. The molecule has 0 aliphatic carbocycles. The molecule has 0 saturated carbocycles. The molecule has 1 aliphatic rings. The summed E-state index contributed by atoms with van der Waals surface area (Å²) < 4.78 is 4.17. The van der Waals surface area contributed by atoms with E-state index in [0.717, 1.165) is 32.0 Å². The molecule has 120 valence electrons. The molecule has 1 atom stereocenters. The van der Waals surface area contributed by atoms with E-state index in [-0.39, 0.29) is 0 Å². The minimum absolute atomic E-state index is 0.322. The molecule has 4 heterocycles. The van der Waals surface area contributed by atoms with Crippen molar-refractivity contribution in [1.82, 2.24) is 29.3 Å². The van der Waals surface area contributed by atoms with Crippen LogP contribution in [0.15, 0.2) is 42.6 Å². The molecule has 1 fully saturated rings. The van der Waals surface area contributed by atoms with Crippen molar-refractivity contribution in [1.29, 1.82) is 0 Å². The van der Waals surface area contributed by atoms with Gasteiger partial charge in [0.15, 0.2) is 0 Å². The third kappa shape index (κ3) is 2.95. The van der Waals surface area contributed by atoms with Gasteiger partial charge in [0.2, 0.25) is 0 Å². The van der Waals surface area contributed by atoms with E-state index in [2.05, 4.69) is 43.2 Å². The molecular formula is C16H20N6S. The molecule has 0 amide bonds. The van der Waals surface area contributed by atoms with E-state index in [9.17, 15) is 0 Å². The highest BCUT2D eigenvalue weighted by atomic mass is 32.1. The van der Waals surface area contributed by atoms with Crippen molar-refractivity contribution in [3.05, 3.63) is 53.3 Å². The summed E-state index contributed by atoms with van der Waals surface area (Å²) in [6, 6.07) is 2.58. The Morgan fingerprint density at radius 3 is 3.09 bits per heavy atom. The first-order valence-corrected chi connectivity index (χ1v) is 8.67. The van der Waals surface area contributed by atoms with E-state index in [1.54, 1.807) is 0 Å². The average molecular weight is 328 g/mol. The SMILES string of the molecule is Cn1ccnc1C1CNCCN1Cc1cc(-n2ccnc2)cs1. The molecule has 7 heteroatoms. The molecule has 0 spiro atoms. The number of thiophene rings is 1. The number of imidazole rings is 2. The molecule has 0 bridgehead atoms. The Balaban J connectivity index is 1.53. The summed E-state index contributed by atoms with van der Waals surface area (Å²) >= 11 is 1.81. The van der Waals surface area contributed by atoms with Gasteiger partial charge < -0.3 is 14.5 Å². The smallest absolute Gasteiger partial charge is 0.127 e. The van der Waals surface area contributed by atoms with Crippen molar-refractivity contribution in [3.63, 3.8) is 0 Å².